The molecule has 0 atom stereocenters. The Morgan fingerprint density at radius 2 is 2.13 bits per heavy atom. The zero-order valence-corrected chi connectivity index (χ0v) is 16.9. The van der Waals surface area contributed by atoms with Crippen LogP contribution < -0.4 is 10.6 Å². The summed E-state index contributed by atoms with van der Waals surface area (Å²) in [5.41, 5.74) is 1.89. The lowest BCUT2D eigenvalue weighted by Gasteiger charge is -2.16. The summed E-state index contributed by atoms with van der Waals surface area (Å²) in [5, 5.41) is 6.76. The Hall–Kier alpha value is -1.09. The minimum absolute atomic E-state index is 0. The molecule has 1 aliphatic rings. The molecular formula is C16H21BrIN5. The molecule has 124 valence electrons. The van der Waals surface area contributed by atoms with Crippen molar-refractivity contribution in [2.75, 3.05) is 6.54 Å². The molecule has 2 N–H and O–H groups in total. The van der Waals surface area contributed by atoms with Gasteiger partial charge >= 0.3 is 0 Å². The Balaban J connectivity index is 0.00000192. The monoisotopic (exact) mass is 489 g/mol. The highest BCUT2D eigenvalue weighted by molar-refractivity contribution is 14.0. The van der Waals surface area contributed by atoms with Crippen LogP contribution in [0.3, 0.4) is 0 Å². The predicted octanol–water partition coefficient (Wildman–Crippen LogP) is 3.49. The van der Waals surface area contributed by atoms with Crippen LogP contribution >= 0.6 is 39.9 Å². The van der Waals surface area contributed by atoms with E-state index in [1.165, 1.54) is 0 Å². The second-order valence-electron chi connectivity index (χ2n) is 5.32. The molecule has 0 saturated heterocycles. The van der Waals surface area contributed by atoms with Crippen molar-refractivity contribution in [2.24, 2.45) is 4.99 Å². The van der Waals surface area contributed by atoms with Gasteiger partial charge in [-0.1, -0.05) is 12.2 Å². The smallest absolute Gasteiger partial charge is 0.191 e. The maximum atomic E-state index is 4.64. The molecule has 0 saturated carbocycles. The zero-order chi connectivity index (χ0) is 15.4. The molecule has 0 spiro atoms. The largest absolute Gasteiger partial charge is 0.357 e. The molecule has 2 aromatic heterocycles. The lowest BCUT2D eigenvalue weighted by atomic mass is 10.2. The fourth-order valence-electron chi connectivity index (χ4n) is 2.50. The summed E-state index contributed by atoms with van der Waals surface area (Å²) in [6.07, 6.45) is 10.6. The van der Waals surface area contributed by atoms with Crippen LogP contribution in [0.1, 0.15) is 25.5 Å². The third-order valence-corrected chi connectivity index (χ3v) is 4.03. The highest BCUT2D eigenvalue weighted by Crippen LogP contribution is 2.13. The number of aliphatic imine (C=N–C) groups is 1. The minimum atomic E-state index is 0. The number of imidazole rings is 1. The van der Waals surface area contributed by atoms with Crippen LogP contribution in [0.5, 0.6) is 0 Å². The van der Waals surface area contributed by atoms with E-state index in [0.717, 1.165) is 41.2 Å². The number of aromatic nitrogens is 2. The molecular weight excluding hydrogens is 469 g/mol. The first-order valence-electron chi connectivity index (χ1n) is 7.57. The van der Waals surface area contributed by atoms with E-state index in [-0.39, 0.29) is 24.0 Å². The number of halogens is 2. The van der Waals surface area contributed by atoms with Crippen LogP contribution in [0, 0.1) is 0 Å². The third kappa shape index (κ3) is 4.94. The fraction of sp³-hybridized carbons (Fsp3) is 0.375. The van der Waals surface area contributed by atoms with Crippen molar-refractivity contribution in [1.82, 2.24) is 20.0 Å². The quantitative estimate of drug-likeness (QED) is 0.299. The van der Waals surface area contributed by atoms with E-state index in [9.17, 15) is 0 Å². The average molecular weight is 490 g/mol. The van der Waals surface area contributed by atoms with Crippen LogP contribution in [0.2, 0.25) is 0 Å². The molecule has 0 amide bonds. The molecule has 2 aromatic rings. The number of fused-ring (bicyclic) bond motifs is 1. The standard InChI is InChI=1S/C16H20BrN5.HI/c1-2-18-16(21-13-5-3-4-6-13)19-9-14-11-22-10-12(17)7-8-15(22)20-14;/h3-4,7-8,10-11,13H,2,5-6,9H2,1H3,(H2,18,19,21);1H. The molecule has 0 bridgehead atoms. The SMILES string of the molecule is CCNC(=NCc1cn2cc(Br)ccc2n1)NC1CC=CC1.I. The summed E-state index contributed by atoms with van der Waals surface area (Å²) in [6, 6.07) is 4.44. The van der Waals surface area contributed by atoms with Crippen molar-refractivity contribution < 1.29 is 0 Å². The number of hydrogen-bond acceptors (Lipinski definition) is 2. The average Bonchev–Trinajstić information content (AvgIpc) is 3.13. The van der Waals surface area contributed by atoms with E-state index in [4.69, 9.17) is 0 Å². The molecule has 1 aliphatic carbocycles. The summed E-state index contributed by atoms with van der Waals surface area (Å²) in [4.78, 5) is 9.23. The van der Waals surface area contributed by atoms with Crippen LogP contribution in [0.15, 0.2) is 46.1 Å². The third-order valence-electron chi connectivity index (χ3n) is 3.56. The first-order valence-corrected chi connectivity index (χ1v) is 8.37. The summed E-state index contributed by atoms with van der Waals surface area (Å²) < 4.78 is 3.05. The number of rotatable bonds is 4. The maximum Gasteiger partial charge on any atom is 0.191 e. The van der Waals surface area contributed by atoms with Gasteiger partial charge in [-0.2, -0.15) is 0 Å². The van der Waals surface area contributed by atoms with Gasteiger partial charge in [0.05, 0.1) is 12.2 Å². The highest BCUT2D eigenvalue weighted by atomic mass is 127. The highest BCUT2D eigenvalue weighted by Gasteiger charge is 2.11. The van der Waals surface area contributed by atoms with E-state index >= 15 is 0 Å². The lowest BCUT2D eigenvalue weighted by Crippen LogP contribution is -2.42. The van der Waals surface area contributed by atoms with Gasteiger partial charge in [-0.3, -0.25) is 0 Å². The maximum absolute atomic E-state index is 4.64. The van der Waals surface area contributed by atoms with Gasteiger partial charge in [0, 0.05) is 29.5 Å². The first-order chi connectivity index (χ1) is 10.7. The van der Waals surface area contributed by atoms with Gasteiger partial charge in [0.2, 0.25) is 0 Å². The van der Waals surface area contributed by atoms with Gasteiger partial charge < -0.3 is 15.0 Å². The molecule has 0 fully saturated rings. The zero-order valence-electron chi connectivity index (χ0n) is 13.0. The van der Waals surface area contributed by atoms with Crippen molar-refractivity contribution in [3.63, 3.8) is 0 Å². The second-order valence-corrected chi connectivity index (χ2v) is 6.24. The van der Waals surface area contributed by atoms with E-state index in [1.807, 2.05) is 28.9 Å². The molecule has 3 rings (SSSR count). The summed E-state index contributed by atoms with van der Waals surface area (Å²) in [6.45, 7) is 3.49. The Morgan fingerprint density at radius 3 is 2.87 bits per heavy atom. The molecule has 7 heteroatoms. The molecule has 0 aromatic carbocycles. The van der Waals surface area contributed by atoms with E-state index in [0.29, 0.717) is 12.6 Å². The second kappa shape index (κ2) is 8.68. The van der Waals surface area contributed by atoms with Crippen LogP contribution in [0.4, 0.5) is 0 Å². The Kier molecular flexibility index (Phi) is 6.88. The van der Waals surface area contributed by atoms with Crippen molar-refractivity contribution in [1.29, 1.82) is 0 Å². The molecule has 0 radical (unpaired) electrons. The van der Waals surface area contributed by atoms with Crippen molar-refractivity contribution >= 4 is 51.5 Å². The van der Waals surface area contributed by atoms with Gasteiger partial charge in [-0.25, -0.2) is 9.98 Å². The summed E-state index contributed by atoms with van der Waals surface area (Å²) in [7, 11) is 0. The molecule has 5 nitrogen and oxygen atoms in total. The number of hydrogen-bond donors (Lipinski definition) is 2. The van der Waals surface area contributed by atoms with Gasteiger partial charge in [0.25, 0.3) is 0 Å². The van der Waals surface area contributed by atoms with Gasteiger partial charge in [-0.15, -0.1) is 24.0 Å². The normalized spacial score (nSPS) is 15.0. The van der Waals surface area contributed by atoms with Crippen LogP contribution in [0.25, 0.3) is 5.65 Å². The molecule has 0 unspecified atom stereocenters. The Bertz CT molecular complexity index is 702. The summed E-state index contributed by atoms with van der Waals surface area (Å²) >= 11 is 3.47. The molecule has 23 heavy (non-hydrogen) atoms. The first kappa shape index (κ1) is 18.3. The van der Waals surface area contributed by atoms with Gasteiger partial charge in [0.15, 0.2) is 5.96 Å². The van der Waals surface area contributed by atoms with Gasteiger partial charge in [0.1, 0.15) is 5.65 Å². The fourth-order valence-corrected chi connectivity index (χ4v) is 2.85. The molecule has 0 aliphatic heterocycles. The molecule has 2 heterocycles. The van der Waals surface area contributed by atoms with Crippen LogP contribution in [-0.4, -0.2) is 27.9 Å². The number of nitrogens with one attached hydrogen (secondary N) is 2. The number of pyridine rings is 1. The van der Waals surface area contributed by atoms with Crippen molar-refractivity contribution in [3.05, 3.63) is 46.8 Å². The van der Waals surface area contributed by atoms with E-state index in [1.54, 1.807) is 0 Å². The van der Waals surface area contributed by atoms with Gasteiger partial charge in [-0.05, 0) is 47.8 Å². The topological polar surface area (TPSA) is 53.7 Å². The summed E-state index contributed by atoms with van der Waals surface area (Å²) in [5.74, 6) is 0.856. The Morgan fingerprint density at radius 1 is 1.35 bits per heavy atom. The minimum Gasteiger partial charge on any atom is -0.357 e. The lowest BCUT2D eigenvalue weighted by molar-refractivity contribution is 0.633. The number of guanidine groups is 1. The van der Waals surface area contributed by atoms with Crippen molar-refractivity contribution in [2.45, 2.75) is 32.4 Å². The van der Waals surface area contributed by atoms with E-state index in [2.05, 4.69) is 55.6 Å². The number of nitrogens with zero attached hydrogens (tertiary/aromatic N) is 3. The predicted molar refractivity (Wildman–Crippen MR) is 108 cm³/mol. The van der Waals surface area contributed by atoms with E-state index < -0.39 is 0 Å². The van der Waals surface area contributed by atoms with Crippen LogP contribution in [-0.2, 0) is 6.54 Å². The van der Waals surface area contributed by atoms with Crippen molar-refractivity contribution in [3.8, 4) is 0 Å². The Labute approximate surface area is 161 Å².